The number of carboxylic acids is 1. The number of amides is 1. The van der Waals surface area contributed by atoms with Gasteiger partial charge in [0, 0.05) is 5.39 Å². The summed E-state index contributed by atoms with van der Waals surface area (Å²) >= 11 is 0. The molecule has 5 heteroatoms. The minimum absolute atomic E-state index is 0.359. The van der Waals surface area contributed by atoms with Crippen LogP contribution < -0.4 is 5.32 Å². The zero-order valence-electron chi connectivity index (χ0n) is 7.56. The van der Waals surface area contributed by atoms with E-state index in [1.165, 1.54) is 6.26 Å². The van der Waals surface area contributed by atoms with Gasteiger partial charge in [0.1, 0.15) is 11.8 Å². The number of aliphatic carboxylic acids is 1. The summed E-state index contributed by atoms with van der Waals surface area (Å²) in [4.78, 5) is 21.2. The topological polar surface area (TPSA) is 79.5 Å². The van der Waals surface area contributed by atoms with Crippen LogP contribution in [0.3, 0.4) is 0 Å². The van der Waals surface area contributed by atoms with Crippen LogP contribution in [0.5, 0.6) is 0 Å². The molecule has 2 N–H and O–H groups in total. The molecule has 0 saturated heterocycles. The third kappa shape index (κ3) is 1.67. The van der Waals surface area contributed by atoms with Gasteiger partial charge in [0.2, 0.25) is 0 Å². The summed E-state index contributed by atoms with van der Waals surface area (Å²) in [6.45, 7) is 0. The van der Waals surface area contributed by atoms with Gasteiger partial charge in [0.25, 0.3) is 0 Å². The second-order valence-electron chi connectivity index (χ2n) is 2.90. The van der Waals surface area contributed by atoms with E-state index in [4.69, 9.17) is 9.52 Å². The number of nitrogens with one attached hydrogen (secondary N) is 1. The quantitative estimate of drug-likeness (QED) is 0.690. The van der Waals surface area contributed by atoms with Crippen molar-refractivity contribution in [2.24, 2.45) is 0 Å². The Bertz CT molecular complexity index is 529. The first-order valence-corrected chi connectivity index (χ1v) is 4.19. The van der Waals surface area contributed by atoms with Crippen molar-refractivity contribution in [3.05, 3.63) is 30.5 Å². The number of carboxylic acid groups (broad SMARTS) is 1. The fourth-order valence-electron chi connectivity index (χ4n) is 1.25. The van der Waals surface area contributed by atoms with Crippen molar-refractivity contribution >= 4 is 28.5 Å². The molecule has 0 aliphatic rings. The van der Waals surface area contributed by atoms with Crippen molar-refractivity contribution < 1.29 is 19.1 Å². The molecule has 0 fully saturated rings. The number of rotatable bonds is 1. The molecule has 1 heterocycles. The molecule has 2 aromatic rings. The predicted molar refractivity (Wildman–Crippen MR) is 52.5 cm³/mol. The first-order chi connectivity index (χ1) is 7.18. The number of para-hydroxylation sites is 1. The summed E-state index contributed by atoms with van der Waals surface area (Å²) in [7, 11) is 0. The maximum atomic E-state index is 10.9. The van der Waals surface area contributed by atoms with Gasteiger partial charge in [0.05, 0.1) is 5.69 Å². The van der Waals surface area contributed by atoms with Crippen LogP contribution in [0.1, 0.15) is 0 Å². The Kier molecular flexibility index (Phi) is 2.13. The molecule has 1 aromatic carbocycles. The van der Waals surface area contributed by atoms with E-state index in [9.17, 15) is 9.59 Å². The van der Waals surface area contributed by atoms with E-state index < -0.39 is 11.9 Å². The summed E-state index contributed by atoms with van der Waals surface area (Å²) in [5.74, 6) is -2.61. The first kappa shape index (κ1) is 9.26. The average Bonchev–Trinajstić information content (AvgIpc) is 2.62. The SMILES string of the molecule is O=C(O)C(=O)Nc1coc2ccccc12. The lowest BCUT2D eigenvalue weighted by atomic mass is 10.2. The summed E-state index contributed by atoms with van der Waals surface area (Å²) in [5.41, 5.74) is 0.955. The minimum atomic E-state index is -1.53. The Morgan fingerprint density at radius 2 is 2.00 bits per heavy atom. The monoisotopic (exact) mass is 205 g/mol. The van der Waals surface area contributed by atoms with Gasteiger partial charge in [-0.1, -0.05) is 12.1 Å². The standard InChI is InChI=1S/C10H7NO4/c12-9(10(13)14)11-7-5-15-8-4-2-1-3-6(7)8/h1-5H,(H,11,12)(H,13,14). The lowest BCUT2D eigenvalue weighted by Crippen LogP contribution is -2.21. The largest absolute Gasteiger partial charge is 0.474 e. The highest BCUT2D eigenvalue weighted by molar-refractivity contribution is 6.37. The zero-order chi connectivity index (χ0) is 10.8. The zero-order valence-corrected chi connectivity index (χ0v) is 7.56. The van der Waals surface area contributed by atoms with Gasteiger partial charge in [-0.3, -0.25) is 4.79 Å². The third-order valence-electron chi connectivity index (χ3n) is 1.92. The highest BCUT2D eigenvalue weighted by Gasteiger charge is 2.14. The van der Waals surface area contributed by atoms with Crippen molar-refractivity contribution in [1.82, 2.24) is 0 Å². The van der Waals surface area contributed by atoms with Crippen molar-refractivity contribution in [1.29, 1.82) is 0 Å². The number of hydrogen-bond acceptors (Lipinski definition) is 3. The van der Waals surface area contributed by atoms with Crippen LogP contribution in [-0.4, -0.2) is 17.0 Å². The van der Waals surface area contributed by atoms with E-state index in [-0.39, 0.29) is 0 Å². The van der Waals surface area contributed by atoms with Crippen LogP contribution in [0.2, 0.25) is 0 Å². The lowest BCUT2D eigenvalue weighted by molar-refractivity contribution is -0.147. The van der Waals surface area contributed by atoms with Crippen LogP contribution in [-0.2, 0) is 9.59 Å². The number of carbonyl (C=O) groups excluding carboxylic acids is 1. The van der Waals surface area contributed by atoms with Crippen molar-refractivity contribution in [3.63, 3.8) is 0 Å². The van der Waals surface area contributed by atoms with Gasteiger partial charge >= 0.3 is 11.9 Å². The van der Waals surface area contributed by atoms with Crippen LogP contribution in [0.25, 0.3) is 11.0 Å². The summed E-state index contributed by atoms with van der Waals surface area (Å²) in [5, 5.41) is 11.3. The molecule has 0 bridgehead atoms. The molecule has 15 heavy (non-hydrogen) atoms. The number of furan rings is 1. The second-order valence-corrected chi connectivity index (χ2v) is 2.90. The maximum absolute atomic E-state index is 10.9. The first-order valence-electron chi connectivity index (χ1n) is 4.19. The van der Waals surface area contributed by atoms with E-state index in [0.29, 0.717) is 16.7 Å². The van der Waals surface area contributed by atoms with Crippen LogP contribution in [0.15, 0.2) is 34.9 Å². The van der Waals surface area contributed by atoms with E-state index in [1.807, 2.05) is 0 Å². The van der Waals surface area contributed by atoms with E-state index in [1.54, 1.807) is 24.3 Å². The Morgan fingerprint density at radius 3 is 2.73 bits per heavy atom. The molecular formula is C10H7NO4. The smallest absolute Gasteiger partial charge is 0.394 e. The van der Waals surface area contributed by atoms with Gasteiger partial charge in [-0.2, -0.15) is 0 Å². The van der Waals surface area contributed by atoms with Crippen LogP contribution in [0, 0.1) is 0 Å². The molecule has 2 rings (SSSR count). The van der Waals surface area contributed by atoms with Crippen LogP contribution in [0.4, 0.5) is 5.69 Å². The number of fused-ring (bicyclic) bond motifs is 1. The molecule has 1 amide bonds. The third-order valence-corrected chi connectivity index (χ3v) is 1.92. The molecule has 0 aliphatic heterocycles. The average molecular weight is 205 g/mol. The Balaban J connectivity index is 2.37. The second kappa shape index (κ2) is 3.45. The highest BCUT2D eigenvalue weighted by atomic mass is 16.4. The number of carbonyl (C=O) groups is 2. The predicted octanol–water partition coefficient (Wildman–Crippen LogP) is 1.46. The Morgan fingerprint density at radius 1 is 1.27 bits per heavy atom. The van der Waals surface area contributed by atoms with Crippen molar-refractivity contribution in [3.8, 4) is 0 Å². The highest BCUT2D eigenvalue weighted by Crippen LogP contribution is 2.24. The van der Waals surface area contributed by atoms with Crippen LogP contribution >= 0.6 is 0 Å². The molecule has 5 nitrogen and oxygen atoms in total. The Hall–Kier alpha value is -2.30. The van der Waals surface area contributed by atoms with Crippen molar-refractivity contribution in [2.75, 3.05) is 5.32 Å². The van der Waals surface area contributed by atoms with Gasteiger partial charge in [-0.15, -0.1) is 0 Å². The maximum Gasteiger partial charge on any atom is 0.394 e. The lowest BCUT2D eigenvalue weighted by Gasteiger charge is -1.97. The van der Waals surface area contributed by atoms with Gasteiger partial charge < -0.3 is 14.8 Å². The van der Waals surface area contributed by atoms with Gasteiger partial charge in [0.15, 0.2) is 0 Å². The fraction of sp³-hybridized carbons (Fsp3) is 0. The van der Waals surface area contributed by atoms with E-state index >= 15 is 0 Å². The minimum Gasteiger partial charge on any atom is -0.474 e. The number of hydrogen-bond donors (Lipinski definition) is 2. The molecule has 0 saturated carbocycles. The molecule has 76 valence electrons. The van der Waals surface area contributed by atoms with Crippen molar-refractivity contribution in [2.45, 2.75) is 0 Å². The molecule has 0 atom stereocenters. The summed E-state index contributed by atoms with van der Waals surface area (Å²) < 4.78 is 5.12. The van der Waals surface area contributed by atoms with E-state index in [0.717, 1.165) is 0 Å². The number of benzene rings is 1. The fourth-order valence-corrected chi connectivity index (χ4v) is 1.25. The Labute approximate surface area is 84.3 Å². The molecule has 0 radical (unpaired) electrons. The molecule has 0 spiro atoms. The number of anilines is 1. The van der Waals surface area contributed by atoms with Gasteiger partial charge in [-0.25, -0.2) is 4.79 Å². The van der Waals surface area contributed by atoms with Gasteiger partial charge in [-0.05, 0) is 12.1 Å². The summed E-state index contributed by atoms with van der Waals surface area (Å²) in [6, 6.07) is 7.02. The normalized spacial score (nSPS) is 10.1. The van der Waals surface area contributed by atoms with E-state index in [2.05, 4.69) is 5.32 Å². The molecule has 0 aliphatic carbocycles. The molecule has 1 aromatic heterocycles. The molecular weight excluding hydrogens is 198 g/mol. The summed E-state index contributed by atoms with van der Waals surface area (Å²) in [6.07, 6.45) is 1.31. The molecule has 0 unspecified atom stereocenters.